The molecule has 0 unspecified atom stereocenters. The van der Waals surface area contributed by atoms with Crippen LogP contribution in [-0.4, -0.2) is 37.1 Å². The van der Waals surface area contributed by atoms with Crippen molar-refractivity contribution in [3.8, 4) is 0 Å². The topological polar surface area (TPSA) is 28.2 Å². The number of aromatic nitrogens is 1. The molecular formula is C11H16F3N3. The van der Waals surface area contributed by atoms with E-state index < -0.39 is 11.9 Å². The van der Waals surface area contributed by atoms with Gasteiger partial charge in [-0.1, -0.05) is 6.07 Å². The van der Waals surface area contributed by atoms with E-state index in [1.54, 1.807) is 0 Å². The molecule has 0 aliphatic heterocycles. The summed E-state index contributed by atoms with van der Waals surface area (Å²) in [6.45, 7) is 1.48. The molecule has 0 aliphatic carbocycles. The molecule has 0 saturated carbocycles. The molecule has 1 rings (SSSR count). The van der Waals surface area contributed by atoms with Crippen molar-refractivity contribution in [1.82, 2.24) is 9.88 Å². The van der Waals surface area contributed by atoms with E-state index in [1.165, 1.54) is 12.1 Å². The average molecular weight is 247 g/mol. The fraction of sp³-hybridized carbons (Fsp3) is 0.545. The SMILES string of the molecule is CN(C)CCCNc1cccc(C(F)(F)F)n1. The van der Waals surface area contributed by atoms with E-state index in [1.807, 2.05) is 19.0 Å². The van der Waals surface area contributed by atoms with Gasteiger partial charge in [0.25, 0.3) is 0 Å². The first-order chi connectivity index (χ1) is 7.89. The van der Waals surface area contributed by atoms with E-state index in [2.05, 4.69) is 10.3 Å². The highest BCUT2D eigenvalue weighted by molar-refractivity contribution is 5.35. The quantitative estimate of drug-likeness (QED) is 0.810. The van der Waals surface area contributed by atoms with Crippen LogP contribution in [-0.2, 0) is 6.18 Å². The molecule has 0 bridgehead atoms. The zero-order chi connectivity index (χ0) is 12.9. The molecule has 1 aromatic rings. The maximum absolute atomic E-state index is 12.4. The minimum absolute atomic E-state index is 0.263. The minimum atomic E-state index is -4.39. The Balaban J connectivity index is 2.49. The lowest BCUT2D eigenvalue weighted by molar-refractivity contribution is -0.141. The second-order valence-electron chi connectivity index (χ2n) is 3.99. The molecule has 0 aliphatic rings. The summed E-state index contributed by atoms with van der Waals surface area (Å²) in [5.74, 6) is 0.263. The standard InChI is InChI=1S/C11H16F3N3/c1-17(2)8-4-7-15-10-6-3-5-9(16-10)11(12,13)14/h3,5-6H,4,7-8H2,1-2H3,(H,15,16). The fourth-order valence-electron chi connectivity index (χ4n) is 1.30. The van der Waals surface area contributed by atoms with Crippen molar-refractivity contribution in [2.24, 2.45) is 0 Å². The van der Waals surface area contributed by atoms with Crippen LogP contribution >= 0.6 is 0 Å². The van der Waals surface area contributed by atoms with E-state index in [4.69, 9.17) is 0 Å². The first kappa shape index (κ1) is 13.8. The summed E-state index contributed by atoms with van der Waals surface area (Å²) in [6, 6.07) is 3.85. The van der Waals surface area contributed by atoms with Gasteiger partial charge in [-0.3, -0.25) is 0 Å². The highest BCUT2D eigenvalue weighted by Gasteiger charge is 2.32. The number of pyridine rings is 1. The van der Waals surface area contributed by atoms with Crippen LogP contribution in [0.25, 0.3) is 0 Å². The molecule has 0 aromatic carbocycles. The molecule has 0 fully saturated rings. The monoisotopic (exact) mass is 247 g/mol. The first-order valence-corrected chi connectivity index (χ1v) is 5.32. The summed E-state index contributed by atoms with van der Waals surface area (Å²) in [5, 5.41) is 2.87. The Morgan fingerprint density at radius 2 is 2.00 bits per heavy atom. The molecule has 96 valence electrons. The van der Waals surface area contributed by atoms with Gasteiger partial charge in [0.2, 0.25) is 0 Å². The summed E-state index contributed by atoms with van der Waals surface area (Å²) in [4.78, 5) is 5.53. The Hall–Kier alpha value is -1.30. The van der Waals surface area contributed by atoms with Crippen LogP contribution in [0.2, 0.25) is 0 Å². The predicted molar refractivity (Wildman–Crippen MR) is 60.9 cm³/mol. The van der Waals surface area contributed by atoms with Crippen LogP contribution in [0.4, 0.5) is 19.0 Å². The second-order valence-corrected chi connectivity index (χ2v) is 3.99. The van der Waals surface area contributed by atoms with Crippen LogP contribution in [0.5, 0.6) is 0 Å². The lowest BCUT2D eigenvalue weighted by atomic mass is 10.3. The zero-order valence-electron chi connectivity index (χ0n) is 9.88. The maximum atomic E-state index is 12.4. The Labute approximate surface area is 98.6 Å². The van der Waals surface area contributed by atoms with Crippen molar-refractivity contribution < 1.29 is 13.2 Å². The second kappa shape index (κ2) is 5.86. The van der Waals surface area contributed by atoms with Gasteiger partial charge in [-0.25, -0.2) is 4.98 Å². The van der Waals surface area contributed by atoms with Crippen LogP contribution in [0.1, 0.15) is 12.1 Å². The lowest BCUT2D eigenvalue weighted by Gasteiger charge is -2.11. The van der Waals surface area contributed by atoms with Crippen molar-refractivity contribution in [2.45, 2.75) is 12.6 Å². The third-order valence-electron chi connectivity index (χ3n) is 2.13. The number of anilines is 1. The molecule has 17 heavy (non-hydrogen) atoms. The highest BCUT2D eigenvalue weighted by Crippen LogP contribution is 2.27. The molecule has 1 N–H and O–H groups in total. The van der Waals surface area contributed by atoms with Gasteiger partial charge in [0.1, 0.15) is 11.5 Å². The van der Waals surface area contributed by atoms with Crippen molar-refractivity contribution in [1.29, 1.82) is 0 Å². The normalized spacial score (nSPS) is 11.9. The van der Waals surface area contributed by atoms with E-state index >= 15 is 0 Å². The van der Waals surface area contributed by atoms with Crippen LogP contribution in [0.3, 0.4) is 0 Å². The average Bonchev–Trinajstić information content (AvgIpc) is 2.23. The summed E-state index contributed by atoms with van der Waals surface area (Å²) in [7, 11) is 3.89. The van der Waals surface area contributed by atoms with Gasteiger partial charge in [0.05, 0.1) is 0 Å². The Morgan fingerprint density at radius 3 is 2.59 bits per heavy atom. The predicted octanol–water partition coefficient (Wildman–Crippen LogP) is 2.46. The third kappa shape index (κ3) is 5.04. The van der Waals surface area contributed by atoms with Crippen molar-refractivity contribution >= 4 is 5.82 Å². The molecule has 0 radical (unpaired) electrons. The molecule has 6 heteroatoms. The number of hydrogen-bond donors (Lipinski definition) is 1. The molecular weight excluding hydrogens is 231 g/mol. The van der Waals surface area contributed by atoms with Gasteiger partial charge in [-0.05, 0) is 39.2 Å². The summed E-state index contributed by atoms with van der Waals surface area (Å²) >= 11 is 0. The van der Waals surface area contributed by atoms with Crippen molar-refractivity contribution in [2.75, 3.05) is 32.5 Å². The molecule has 0 atom stereocenters. The number of nitrogens with one attached hydrogen (secondary N) is 1. The number of alkyl halides is 3. The van der Waals surface area contributed by atoms with Gasteiger partial charge in [-0.15, -0.1) is 0 Å². The van der Waals surface area contributed by atoms with Crippen LogP contribution in [0.15, 0.2) is 18.2 Å². The Kier molecular flexibility index (Phi) is 4.74. The lowest BCUT2D eigenvalue weighted by Crippen LogP contribution is -2.17. The minimum Gasteiger partial charge on any atom is -0.370 e. The first-order valence-electron chi connectivity index (χ1n) is 5.32. The molecule has 0 spiro atoms. The summed E-state index contributed by atoms with van der Waals surface area (Å²) in [5.41, 5.74) is -0.866. The van der Waals surface area contributed by atoms with E-state index in [9.17, 15) is 13.2 Å². The summed E-state index contributed by atoms with van der Waals surface area (Å²) in [6.07, 6.45) is -3.54. The Morgan fingerprint density at radius 1 is 1.29 bits per heavy atom. The molecule has 1 aromatic heterocycles. The number of hydrogen-bond acceptors (Lipinski definition) is 3. The highest BCUT2D eigenvalue weighted by atomic mass is 19.4. The molecule has 3 nitrogen and oxygen atoms in total. The van der Waals surface area contributed by atoms with Crippen LogP contribution in [0, 0.1) is 0 Å². The van der Waals surface area contributed by atoms with Crippen molar-refractivity contribution in [3.05, 3.63) is 23.9 Å². The van der Waals surface area contributed by atoms with Gasteiger partial charge in [-0.2, -0.15) is 13.2 Å². The van der Waals surface area contributed by atoms with Gasteiger partial charge >= 0.3 is 6.18 Å². The van der Waals surface area contributed by atoms with Gasteiger partial charge < -0.3 is 10.2 Å². The molecule has 0 saturated heterocycles. The number of nitrogens with zero attached hydrogens (tertiary/aromatic N) is 2. The Bertz CT molecular complexity index is 350. The van der Waals surface area contributed by atoms with Crippen molar-refractivity contribution in [3.63, 3.8) is 0 Å². The maximum Gasteiger partial charge on any atom is 0.433 e. The third-order valence-corrected chi connectivity index (χ3v) is 2.13. The van der Waals surface area contributed by atoms with E-state index in [0.717, 1.165) is 19.0 Å². The largest absolute Gasteiger partial charge is 0.433 e. The zero-order valence-corrected chi connectivity index (χ0v) is 9.88. The van der Waals surface area contributed by atoms with Gasteiger partial charge in [0, 0.05) is 6.54 Å². The summed E-state index contributed by atoms with van der Waals surface area (Å²) < 4.78 is 37.1. The fourth-order valence-corrected chi connectivity index (χ4v) is 1.30. The van der Waals surface area contributed by atoms with E-state index in [0.29, 0.717) is 6.54 Å². The number of rotatable bonds is 5. The smallest absolute Gasteiger partial charge is 0.370 e. The van der Waals surface area contributed by atoms with E-state index in [-0.39, 0.29) is 5.82 Å². The molecule has 0 amide bonds. The van der Waals surface area contributed by atoms with Crippen LogP contribution < -0.4 is 5.32 Å². The number of halogens is 3. The molecule has 1 heterocycles. The van der Waals surface area contributed by atoms with Gasteiger partial charge in [0.15, 0.2) is 0 Å².